The number of nitrogens with one attached hydrogen (secondary N) is 1. The first-order valence-electron chi connectivity index (χ1n) is 10.5. The molecule has 9 heteroatoms. The Labute approximate surface area is 201 Å². The van der Waals surface area contributed by atoms with E-state index in [1.165, 1.54) is 26.5 Å². The van der Waals surface area contributed by atoms with Crippen molar-refractivity contribution in [3.05, 3.63) is 83.0 Å². The molecule has 4 rings (SSSR count). The smallest absolute Gasteiger partial charge is 0.334 e. The second-order valence-corrected chi connectivity index (χ2v) is 8.22. The van der Waals surface area contributed by atoms with Crippen molar-refractivity contribution < 1.29 is 23.9 Å². The Kier molecular flexibility index (Phi) is 6.51. The quantitative estimate of drug-likeness (QED) is 0.509. The molecule has 1 saturated carbocycles. The molecule has 0 unspecified atom stereocenters. The monoisotopic (exact) mass is 479 g/mol. The third kappa shape index (κ3) is 4.58. The number of halogens is 1. The minimum absolute atomic E-state index is 0.241. The van der Waals surface area contributed by atoms with Gasteiger partial charge in [-0.3, -0.25) is 14.9 Å². The van der Waals surface area contributed by atoms with E-state index in [4.69, 9.17) is 21.1 Å². The van der Waals surface area contributed by atoms with Gasteiger partial charge in [0.1, 0.15) is 11.6 Å². The van der Waals surface area contributed by atoms with Gasteiger partial charge in [0.15, 0.2) is 0 Å². The van der Waals surface area contributed by atoms with E-state index in [1.807, 2.05) is 0 Å². The lowest BCUT2D eigenvalue weighted by atomic mass is 9.95. The molecular weight excluding hydrogens is 458 g/mol. The summed E-state index contributed by atoms with van der Waals surface area (Å²) in [4.78, 5) is 43.9. The molecule has 1 fully saturated rings. The summed E-state index contributed by atoms with van der Waals surface area (Å²) in [6.45, 7) is 0. The summed E-state index contributed by atoms with van der Waals surface area (Å²) in [5, 5.41) is 3.04. The Bertz CT molecular complexity index is 1210. The second-order valence-electron chi connectivity index (χ2n) is 7.78. The maximum absolute atomic E-state index is 13.5. The summed E-state index contributed by atoms with van der Waals surface area (Å²) in [6.07, 6.45) is 2.79. The lowest BCUT2D eigenvalue weighted by molar-refractivity contribution is -0.143. The number of benzene rings is 2. The number of hydrogen-bond donors (Lipinski definition) is 1. The standard InChI is InChI=1S/C25H22ClN3O5/c1-33-20-10-8-19(9-11-20)29(24(32)28-21-12-7-18(26)15-27-21)22(30)16-3-5-17(6-4-16)25(13-14-25)23(31)34-2/h3-12,15H,13-14H2,1-2H3,(H,27,28,32). The van der Waals surface area contributed by atoms with Crippen LogP contribution in [-0.2, 0) is 14.9 Å². The van der Waals surface area contributed by atoms with E-state index in [0.717, 1.165) is 10.5 Å². The number of urea groups is 1. The number of esters is 1. The fourth-order valence-corrected chi connectivity index (χ4v) is 3.78. The number of carbonyl (C=O) groups excluding carboxylic acids is 3. The average molecular weight is 480 g/mol. The zero-order chi connectivity index (χ0) is 24.3. The van der Waals surface area contributed by atoms with E-state index in [-0.39, 0.29) is 17.4 Å². The van der Waals surface area contributed by atoms with Crippen LogP contribution in [0.2, 0.25) is 5.02 Å². The van der Waals surface area contributed by atoms with Gasteiger partial charge < -0.3 is 9.47 Å². The molecule has 8 nitrogen and oxygen atoms in total. The number of pyridine rings is 1. The zero-order valence-corrected chi connectivity index (χ0v) is 19.3. The maximum Gasteiger partial charge on any atom is 0.334 e. The highest BCUT2D eigenvalue weighted by molar-refractivity contribution is 6.30. The molecular formula is C25H22ClN3O5. The van der Waals surface area contributed by atoms with E-state index < -0.39 is 17.4 Å². The molecule has 0 saturated heterocycles. The van der Waals surface area contributed by atoms with Crippen molar-refractivity contribution >= 4 is 41.0 Å². The number of hydrogen-bond acceptors (Lipinski definition) is 6. The number of nitrogens with zero attached hydrogens (tertiary/aromatic N) is 2. The van der Waals surface area contributed by atoms with Gasteiger partial charge in [-0.15, -0.1) is 0 Å². The Balaban J connectivity index is 1.63. The van der Waals surface area contributed by atoms with Crippen molar-refractivity contribution in [3.8, 4) is 5.75 Å². The molecule has 1 aromatic heterocycles. The molecule has 3 aromatic rings. The number of rotatable bonds is 6. The zero-order valence-electron chi connectivity index (χ0n) is 18.6. The van der Waals surface area contributed by atoms with Gasteiger partial charge >= 0.3 is 12.0 Å². The molecule has 1 heterocycles. The number of aromatic nitrogens is 1. The van der Waals surface area contributed by atoms with Gasteiger partial charge in [0.05, 0.1) is 30.3 Å². The summed E-state index contributed by atoms with van der Waals surface area (Å²) >= 11 is 5.86. The van der Waals surface area contributed by atoms with Crippen molar-refractivity contribution in [1.82, 2.24) is 4.98 Å². The van der Waals surface area contributed by atoms with E-state index in [1.54, 1.807) is 54.6 Å². The number of carbonyl (C=O) groups is 3. The van der Waals surface area contributed by atoms with Gasteiger partial charge in [0, 0.05) is 11.8 Å². The second kappa shape index (κ2) is 9.52. The maximum atomic E-state index is 13.5. The van der Waals surface area contributed by atoms with Crippen LogP contribution >= 0.6 is 11.6 Å². The molecule has 0 spiro atoms. The molecule has 34 heavy (non-hydrogen) atoms. The third-order valence-electron chi connectivity index (χ3n) is 5.71. The topological polar surface area (TPSA) is 97.8 Å². The van der Waals surface area contributed by atoms with E-state index in [0.29, 0.717) is 29.3 Å². The number of amides is 3. The van der Waals surface area contributed by atoms with Crippen molar-refractivity contribution in [2.24, 2.45) is 0 Å². The molecule has 2 aromatic carbocycles. The van der Waals surface area contributed by atoms with Crippen LogP contribution in [0.1, 0.15) is 28.8 Å². The number of anilines is 2. The third-order valence-corrected chi connectivity index (χ3v) is 5.93. The van der Waals surface area contributed by atoms with E-state index in [2.05, 4.69) is 10.3 Å². The highest BCUT2D eigenvalue weighted by atomic mass is 35.5. The van der Waals surface area contributed by atoms with Crippen molar-refractivity contribution in [1.29, 1.82) is 0 Å². The number of methoxy groups -OCH3 is 2. The molecule has 1 aliphatic rings. The largest absolute Gasteiger partial charge is 0.497 e. The van der Waals surface area contributed by atoms with Crippen LogP contribution < -0.4 is 15.0 Å². The molecule has 0 atom stereocenters. The van der Waals surface area contributed by atoms with Gasteiger partial charge in [0.2, 0.25) is 0 Å². The molecule has 174 valence electrons. The Morgan fingerprint density at radius 1 is 0.971 bits per heavy atom. The molecule has 0 radical (unpaired) electrons. The first kappa shape index (κ1) is 23.3. The summed E-state index contributed by atoms with van der Waals surface area (Å²) in [6, 6.07) is 15.6. The van der Waals surface area contributed by atoms with Gasteiger partial charge in [0.25, 0.3) is 5.91 Å². The predicted octanol–water partition coefficient (Wildman–Crippen LogP) is 4.83. The van der Waals surface area contributed by atoms with Crippen LogP contribution in [0.25, 0.3) is 0 Å². The van der Waals surface area contributed by atoms with Crippen LogP contribution in [0.4, 0.5) is 16.3 Å². The lowest BCUT2D eigenvalue weighted by Crippen LogP contribution is -2.40. The summed E-state index contributed by atoms with van der Waals surface area (Å²) < 4.78 is 10.1. The normalized spacial score (nSPS) is 13.5. The van der Waals surface area contributed by atoms with Gasteiger partial charge in [-0.05, 0) is 66.9 Å². The van der Waals surface area contributed by atoms with Crippen molar-refractivity contribution in [2.45, 2.75) is 18.3 Å². The average Bonchev–Trinajstić information content (AvgIpc) is 3.68. The SMILES string of the molecule is COC(=O)C1(c2ccc(C(=O)N(C(=O)Nc3ccc(Cl)cn3)c3ccc(OC)cc3)cc2)CC1. The fraction of sp³-hybridized carbons (Fsp3) is 0.200. The number of ether oxygens (including phenoxy) is 2. The highest BCUT2D eigenvalue weighted by Gasteiger charge is 2.52. The molecule has 0 bridgehead atoms. The van der Waals surface area contributed by atoms with Crippen LogP contribution in [0.3, 0.4) is 0 Å². The molecule has 0 aliphatic heterocycles. The fourth-order valence-electron chi connectivity index (χ4n) is 3.67. The van der Waals surface area contributed by atoms with Crippen LogP contribution in [0.5, 0.6) is 5.75 Å². The Morgan fingerprint density at radius 3 is 2.18 bits per heavy atom. The van der Waals surface area contributed by atoms with Crippen LogP contribution in [-0.4, -0.2) is 37.1 Å². The minimum atomic E-state index is -0.692. The Morgan fingerprint density at radius 2 is 1.65 bits per heavy atom. The van der Waals surface area contributed by atoms with Gasteiger partial charge in [-0.2, -0.15) is 0 Å². The van der Waals surface area contributed by atoms with Gasteiger partial charge in [-0.1, -0.05) is 23.7 Å². The number of imide groups is 1. The van der Waals surface area contributed by atoms with Crippen molar-refractivity contribution in [2.75, 3.05) is 24.4 Å². The Hall–Kier alpha value is -3.91. The van der Waals surface area contributed by atoms with Crippen LogP contribution in [0, 0.1) is 0 Å². The first-order valence-corrected chi connectivity index (χ1v) is 10.9. The molecule has 1 aliphatic carbocycles. The predicted molar refractivity (Wildman–Crippen MR) is 127 cm³/mol. The van der Waals surface area contributed by atoms with E-state index in [9.17, 15) is 14.4 Å². The first-order chi connectivity index (χ1) is 16.4. The van der Waals surface area contributed by atoms with Gasteiger partial charge in [-0.25, -0.2) is 14.7 Å². The van der Waals surface area contributed by atoms with E-state index >= 15 is 0 Å². The molecule has 1 N–H and O–H groups in total. The lowest BCUT2D eigenvalue weighted by Gasteiger charge is -2.22. The van der Waals surface area contributed by atoms with Crippen LogP contribution in [0.15, 0.2) is 66.9 Å². The summed E-state index contributed by atoms with van der Waals surface area (Å²) in [7, 11) is 2.89. The highest BCUT2D eigenvalue weighted by Crippen LogP contribution is 2.49. The summed E-state index contributed by atoms with van der Waals surface area (Å²) in [5.41, 5.74) is 0.750. The van der Waals surface area contributed by atoms with Crippen molar-refractivity contribution in [3.63, 3.8) is 0 Å². The molecule has 3 amide bonds. The minimum Gasteiger partial charge on any atom is -0.497 e. The summed E-state index contributed by atoms with van der Waals surface area (Å²) in [5.74, 6) is -0.0185.